The molecule has 2 rings (SSSR count). The average Bonchev–Trinajstić information content (AvgIpc) is 2.70. The fourth-order valence-electron chi connectivity index (χ4n) is 1.65. The van der Waals surface area contributed by atoms with E-state index < -0.39 is 0 Å². The summed E-state index contributed by atoms with van der Waals surface area (Å²) in [7, 11) is 3.02. The molecule has 1 aromatic rings. The molecule has 1 aliphatic heterocycles. The lowest BCUT2D eigenvalue weighted by Crippen LogP contribution is -2.21. The first-order valence-corrected chi connectivity index (χ1v) is 6.10. The van der Waals surface area contributed by atoms with Crippen LogP contribution < -0.4 is 20.1 Å². The topological polar surface area (TPSA) is 59.6 Å². The van der Waals surface area contributed by atoms with E-state index in [9.17, 15) is 4.79 Å². The van der Waals surface area contributed by atoms with E-state index in [2.05, 4.69) is 10.6 Å². The molecule has 1 aliphatic rings. The zero-order chi connectivity index (χ0) is 14.0. The maximum atomic E-state index is 11.5. The van der Waals surface area contributed by atoms with Crippen molar-refractivity contribution in [3.8, 4) is 11.5 Å². The van der Waals surface area contributed by atoms with Crippen molar-refractivity contribution in [1.82, 2.24) is 10.6 Å². The normalized spacial score (nSPS) is 16.3. The molecule has 1 amide bonds. The molecular formula is C12H11ClN2O3S. The minimum atomic E-state index is -0.296. The third kappa shape index (κ3) is 2.64. The van der Waals surface area contributed by atoms with Crippen LogP contribution in [0.25, 0.3) is 6.08 Å². The van der Waals surface area contributed by atoms with Gasteiger partial charge in [-0.15, -0.1) is 0 Å². The lowest BCUT2D eigenvalue weighted by atomic mass is 10.1. The molecule has 19 heavy (non-hydrogen) atoms. The Kier molecular flexibility index (Phi) is 3.92. The number of amides is 1. The van der Waals surface area contributed by atoms with Crippen LogP contribution in [0.2, 0.25) is 5.02 Å². The van der Waals surface area contributed by atoms with Gasteiger partial charge in [-0.2, -0.15) is 0 Å². The number of carbonyl (C=O) groups is 1. The van der Waals surface area contributed by atoms with Crippen LogP contribution in [-0.2, 0) is 4.79 Å². The van der Waals surface area contributed by atoms with Crippen LogP contribution in [0.3, 0.4) is 0 Å². The van der Waals surface area contributed by atoms with E-state index in [1.54, 1.807) is 18.2 Å². The van der Waals surface area contributed by atoms with Crippen LogP contribution in [-0.4, -0.2) is 25.2 Å². The number of carbonyl (C=O) groups excluding carboxylic acids is 1. The van der Waals surface area contributed by atoms with E-state index in [1.165, 1.54) is 14.2 Å². The molecule has 100 valence electrons. The van der Waals surface area contributed by atoms with Crippen LogP contribution in [0.1, 0.15) is 5.56 Å². The summed E-state index contributed by atoms with van der Waals surface area (Å²) in [6.07, 6.45) is 1.60. The predicted molar refractivity (Wildman–Crippen MR) is 76.4 cm³/mol. The largest absolute Gasteiger partial charge is 0.493 e. The molecule has 0 bridgehead atoms. The third-order valence-corrected chi connectivity index (χ3v) is 3.13. The van der Waals surface area contributed by atoms with Crippen LogP contribution in [0, 0.1) is 0 Å². The molecule has 0 radical (unpaired) electrons. The van der Waals surface area contributed by atoms with E-state index in [4.69, 9.17) is 33.3 Å². The summed E-state index contributed by atoms with van der Waals surface area (Å²) in [5.41, 5.74) is 0.959. The first-order chi connectivity index (χ1) is 9.06. The third-order valence-electron chi connectivity index (χ3n) is 2.53. The minimum absolute atomic E-state index is 0.271. The maximum Gasteiger partial charge on any atom is 0.273 e. The quantitative estimate of drug-likeness (QED) is 0.657. The van der Waals surface area contributed by atoms with Crippen LogP contribution >= 0.6 is 23.8 Å². The van der Waals surface area contributed by atoms with Crippen molar-refractivity contribution in [3.05, 3.63) is 28.4 Å². The molecular weight excluding hydrogens is 288 g/mol. The van der Waals surface area contributed by atoms with Crippen molar-refractivity contribution in [3.63, 3.8) is 0 Å². The lowest BCUT2D eigenvalue weighted by molar-refractivity contribution is -0.115. The summed E-state index contributed by atoms with van der Waals surface area (Å²) < 4.78 is 10.3. The molecule has 0 unspecified atom stereocenters. The van der Waals surface area contributed by atoms with Gasteiger partial charge in [0.05, 0.1) is 19.2 Å². The van der Waals surface area contributed by atoms with Gasteiger partial charge in [0.15, 0.2) is 16.6 Å². The molecule has 0 atom stereocenters. The molecule has 0 spiro atoms. The molecule has 2 N–H and O–H groups in total. The Morgan fingerprint density at radius 1 is 1.26 bits per heavy atom. The van der Waals surface area contributed by atoms with Crippen molar-refractivity contribution in [2.75, 3.05) is 14.2 Å². The van der Waals surface area contributed by atoms with Gasteiger partial charge in [0.1, 0.15) is 5.70 Å². The van der Waals surface area contributed by atoms with Gasteiger partial charge in [-0.3, -0.25) is 10.1 Å². The first kappa shape index (κ1) is 13.6. The van der Waals surface area contributed by atoms with Crippen molar-refractivity contribution in [1.29, 1.82) is 0 Å². The van der Waals surface area contributed by atoms with Gasteiger partial charge in [0.25, 0.3) is 5.91 Å². The number of methoxy groups -OCH3 is 2. The minimum Gasteiger partial charge on any atom is -0.493 e. The second kappa shape index (κ2) is 5.46. The predicted octanol–water partition coefficient (Wildman–Crippen LogP) is 1.70. The zero-order valence-electron chi connectivity index (χ0n) is 10.2. The van der Waals surface area contributed by atoms with Gasteiger partial charge < -0.3 is 14.8 Å². The highest BCUT2D eigenvalue weighted by Gasteiger charge is 2.21. The molecule has 5 nitrogen and oxygen atoms in total. The van der Waals surface area contributed by atoms with E-state index in [0.717, 1.165) is 0 Å². The van der Waals surface area contributed by atoms with E-state index >= 15 is 0 Å². The summed E-state index contributed by atoms with van der Waals surface area (Å²) in [6.45, 7) is 0. The Hall–Kier alpha value is -1.79. The number of benzene rings is 1. The van der Waals surface area contributed by atoms with Crippen LogP contribution in [0.4, 0.5) is 0 Å². The van der Waals surface area contributed by atoms with Crippen molar-refractivity contribution in [2.24, 2.45) is 0 Å². The average molecular weight is 299 g/mol. The van der Waals surface area contributed by atoms with Crippen LogP contribution in [0.15, 0.2) is 17.8 Å². The Bertz CT molecular complexity index is 587. The second-order valence-corrected chi connectivity index (χ2v) is 4.46. The van der Waals surface area contributed by atoms with Gasteiger partial charge >= 0.3 is 0 Å². The second-order valence-electron chi connectivity index (χ2n) is 3.67. The van der Waals surface area contributed by atoms with Gasteiger partial charge in [0.2, 0.25) is 0 Å². The number of halogens is 1. The summed E-state index contributed by atoms with van der Waals surface area (Å²) in [6, 6.07) is 3.44. The summed E-state index contributed by atoms with van der Waals surface area (Å²) in [5, 5.41) is 5.85. The van der Waals surface area contributed by atoms with Crippen molar-refractivity contribution < 1.29 is 14.3 Å². The number of rotatable bonds is 3. The smallest absolute Gasteiger partial charge is 0.273 e. The summed E-state index contributed by atoms with van der Waals surface area (Å²) >= 11 is 11.1. The Morgan fingerprint density at radius 2 is 2.00 bits per heavy atom. The maximum absolute atomic E-state index is 11.5. The van der Waals surface area contributed by atoms with Gasteiger partial charge in [0, 0.05) is 0 Å². The number of hydrogen-bond donors (Lipinski definition) is 2. The van der Waals surface area contributed by atoms with Gasteiger partial charge in [-0.05, 0) is 36.0 Å². The number of ether oxygens (including phenoxy) is 2. The standard InChI is InChI=1S/C12H11ClN2O3S/c1-17-8-4-3-6(9(13)10(8)18-2)5-7-11(16)15-12(19)14-7/h3-5H,1-2H3,(H2,14,15,16,19). The van der Waals surface area contributed by atoms with Crippen LogP contribution in [0.5, 0.6) is 11.5 Å². The monoisotopic (exact) mass is 298 g/mol. The molecule has 1 saturated heterocycles. The fraction of sp³-hybridized carbons (Fsp3) is 0.167. The van der Waals surface area contributed by atoms with Gasteiger partial charge in [-0.25, -0.2) is 0 Å². The van der Waals surface area contributed by atoms with E-state index in [0.29, 0.717) is 27.8 Å². The molecule has 0 saturated carbocycles. The summed E-state index contributed by atoms with van der Waals surface area (Å²) in [5.74, 6) is 0.643. The number of thiocarbonyl (C=S) groups is 1. The zero-order valence-corrected chi connectivity index (χ0v) is 11.8. The van der Waals surface area contributed by atoms with Gasteiger partial charge in [-0.1, -0.05) is 11.6 Å². The fourth-order valence-corrected chi connectivity index (χ4v) is 2.14. The highest BCUT2D eigenvalue weighted by molar-refractivity contribution is 7.80. The number of nitrogens with one attached hydrogen (secondary N) is 2. The molecule has 1 aromatic carbocycles. The molecule has 0 aromatic heterocycles. The Morgan fingerprint density at radius 3 is 2.53 bits per heavy atom. The Labute approximate surface area is 120 Å². The van der Waals surface area contributed by atoms with Crippen molar-refractivity contribution in [2.45, 2.75) is 0 Å². The van der Waals surface area contributed by atoms with E-state index in [-0.39, 0.29) is 11.0 Å². The SMILES string of the molecule is COc1ccc(C=C2NC(=S)NC2=O)c(Cl)c1OC. The lowest BCUT2D eigenvalue weighted by Gasteiger charge is -2.11. The van der Waals surface area contributed by atoms with Crippen molar-refractivity contribution >= 4 is 40.9 Å². The molecule has 7 heteroatoms. The highest BCUT2D eigenvalue weighted by Crippen LogP contribution is 2.38. The molecule has 0 aliphatic carbocycles. The Balaban J connectivity index is 2.44. The summed E-state index contributed by atoms with van der Waals surface area (Å²) in [4.78, 5) is 11.5. The highest BCUT2D eigenvalue weighted by atomic mass is 35.5. The first-order valence-electron chi connectivity index (χ1n) is 5.31. The molecule has 1 heterocycles. The van der Waals surface area contributed by atoms with E-state index in [1.807, 2.05) is 0 Å². The number of hydrogen-bond acceptors (Lipinski definition) is 4. The molecule has 1 fully saturated rings.